The number of carbonyl (C=O) groups excluding carboxylic acids is 1. The molecule has 2 aliphatic rings. The average molecular weight is 566 g/mol. The summed E-state index contributed by atoms with van der Waals surface area (Å²) < 4.78 is 30.7. The molecule has 1 saturated carbocycles. The predicted molar refractivity (Wildman–Crippen MR) is 161 cm³/mol. The van der Waals surface area contributed by atoms with E-state index in [1.54, 1.807) is 31.3 Å². The third-order valence-corrected chi connectivity index (χ3v) is 10.1. The van der Waals surface area contributed by atoms with Gasteiger partial charge in [-0.05, 0) is 87.2 Å². The fourth-order valence-electron chi connectivity index (χ4n) is 6.05. The molecule has 8 nitrogen and oxygen atoms in total. The average Bonchev–Trinajstić information content (AvgIpc) is 3.56. The highest BCUT2D eigenvalue weighted by atomic mass is 32.2. The second-order valence-corrected chi connectivity index (χ2v) is 14.5. The molecule has 1 N–H and O–H groups in total. The van der Waals surface area contributed by atoms with Gasteiger partial charge in [-0.25, -0.2) is 13.4 Å². The summed E-state index contributed by atoms with van der Waals surface area (Å²) in [4.78, 5) is 19.7. The first-order valence-electron chi connectivity index (χ1n) is 14.6. The fraction of sp³-hybridized carbons (Fsp3) is 0.548. The van der Waals surface area contributed by atoms with Gasteiger partial charge in [-0.1, -0.05) is 40.0 Å². The first-order chi connectivity index (χ1) is 19.0. The Bertz CT molecular complexity index is 1440. The van der Waals surface area contributed by atoms with Crippen LogP contribution in [0.2, 0.25) is 0 Å². The molecule has 2 aromatic carbocycles. The van der Waals surface area contributed by atoms with E-state index in [9.17, 15) is 13.2 Å². The lowest BCUT2D eigenvalue weighted by molar-refractivity contribution is -0.117. The lowest BCUT2D eigenvalue weighted by Crippen LogP contribution is -2.30. The van der Waals surface area contributed by atoms with Gasteiger partial charge in [0.2, 0.25) is 5.91 Å². The van der Waals surface area contributed by atoms with Gasteiger partial charge in [-0.3, -0.25) is 14.0 Å². The van der Waals surface area contributed by atoms with Gasteiger partial charge < -0.3 is 9.88 Å². The molecule has 2 heterocycles. The van der Waals surface area contributed by atoms with Crippen LogP contribution in [0.25, 0.3) is 11.0 Å². The standard InChI is InChI=1S/C31H43N5O3S/c1-31(2,3)30-33-27-20-25(14-17-28(27)36(30)21-23-10-6-5-7-11-23)34(4)40(38,39)26-15-12-24(13-16-26)32-29(37)22-35-18-8-9-19-35/h12-17,20,23H,5-11,18-19,21-22H2,1-4H3,(H,32,37). The monoisotopic (exact) mass is 565 g/mol. The Morgan fingerprint density at radius 3 is 2.33 bits per heavy atom. The summed E-state index contributed by atoms with van der Waals surface area (Å²) >= 11 is 0. The quantitative estimate of drug-likeness (QED) is 0.375. The van der Waals surface area contributed by atoms with Crippen LogP contribution in [-0.4, -0.2) is 55.5 Å². The van der Waals surface area contributed by atoms with Crippen LogP contribution in [-0.2, 0) is 26.8 Å². The summed E-state index contributed by atoms with van der Waals surface area (Å²) in [5.41, 5.74) is 2.90. The zero-order valence-electron chi connectivity index (χ0n) is 24.3. The summed E-state index contributed by atoms with van der Waals surface area (Å²) in [6, 6.07) is 12.2. The second kappa shape index (κ2) is 11.5. The molecule has 0 radical (unpaired) electrons. The van der Waals surface area contributed by atoms with Crippen LogP contribution < -0.4 is 9.62 Å². The number of nitrogens with one attached hydrogen (secondary N) is 1. The molecule has 0 bridgehead atoms. The van der Waals surface area contributed by atoms with Crippen molar-refractivity contribution in [2.75, 3.05) is 36.3 Å². The lowest BCUT2D eigenvalue weighted by Gasteiger charge is -2.26. The maximum atomic E-state index is 13.5. The highest BCUT2D eigenvalue weighted by molar-refractivity contribution is 7.92. The van der Waals surface area contributed by atoms with Crippen molar-refractivity contribution in [3.05, 3.63) is 48.3 Å². The molecule has 1 aliphatic heterocycles. The Labute approximate surface area is 238 Å². The van der Waals surface area contributed by atoms with Gasteiger partial charge in [-0.15, -0.1) is 0 Å². The Hall–Kier alpha value is -2.91. The molecule has 1 amide bonds. The molecule has 216 valence electrons. The van der Waals surface area contributed by atoms with Crippen LogP contribution in [0, 0.1) is 5.92 Å². The van der Waals surface area contributed by atoms with Gasteiger partial charge in [-0.2, -0.15) is 0 Å². The smallest absolute Gasteiger partial charge is 0.264 e. The number of amides is 1. The molecule has 0 atom stereocenters. The highest BCUT2D eigenvalue weighted by Crippen LogP contribution is 2.33. The Kier molecular flexibility index (Phi) is 8.25. The molecule has 0 spiro atoms. The maximum Gasteiger partial charge on any atom is 0.264 e. The number of hydrogen-bond donors (Lipinski definition) is 1. The Balaban J connectivity index is 1.35. The van der Waals surface area contributed by atoms with E-state index in [1.807, 2.05) is 18.2 Å². The zero-order chi connectivity index (χ0) is 28.5. The zero-order valence-corrected chi connectivity index (χ0v) is 25.1. The van der Waals surface area contributed by atoms with E-state index in [0.717, 1.165) is 49.3 Å². The summed E-state index contributed by atoms with van der Waals surface area (Å²) in [7, 11) is -2.23. The molecular formula is C31H43N5O3S. The topological polar surface area (TPSA) is 87.5 Å². The van der Waals surface area contributed by atoms with Gasteiger partial charge >= 0.3 is 0 Å². The first-order valence-corrected chi connectivity index (χ1v) is 16.1. The summed E-state index contributed by atoms with van der Waals surface area (Å²) in [5.74, 6) is 1.61. The number of likely N-dealkylation sites (tertiary alicyclic amines) is 1. The molecule has 1 aliphatic carbocycles. The molecule has 9 heteroatoms. The van der Waals surface area contributed by atoms with Crippen LogP contribution in [0.4, 0.5) is 11.4 Å². The van der Waals surface area contributed by atoms with E-state index < -0.39 is 10.0 Å². The Morgan fingerprint density at radius 2 is 1.68 bits per heavy atom. The van der Waals surface area contributed by atoms with Crippen LogP contribution in [0.5, 0.6) is 0 Å². The van der Waals surface area contributed by atoms with Crippen LogP contribution in [0.3, 0.4) is 0 Å². The molecule has 5 rings (SSSR count). The van der Waals surface area contributed by atoms with Crippen molar-refractivity contribution >= 4 is 38.3 Å². The normalized spacial score (nSPS) is 17.4. The molecule has 1 aromatic heterocycles. The van der Waals surface area contributed by atoms with E-state index in [0.29, 0.717) is 23.8 Å². The number of nitrogens with zero attached hydrogens (tertiary/aromatic N) is 4. The SMILES string of the molecule is CN(c1ccc2c(c1)nc(C(C)(C)C)n2CC1CCCCC1)S(=O)(=O)c1ccc(NC(=O)CN2CCCC2)cc1. The van der Waals surface area contributed by atoms with E-state index in [1.165, 1.54) is 36.4 Å². The van der Waals surface area contributed by atoms with Gasteiger partial charge in [0.1, 0.15) is 5.82 Å². The van der Waals surface area contributed by atoms with Crippen molar-refractivity contribution in [3.63, 3.8) is 0 Å². The van der Waals surface area contributed by atoms with E-state index in [2.05, 4.69) is 35.6 Å². The minimum Gasteiger partial charge on any atom is -0.327 e. The summed E-state index contributed by atoms with van der Waals surface area (Å²) in [6.07, 6.45) is 8.67. The van der Waals surface area contributed by atoms with Crippen molar-refractivity contribution < 1.29 is 13.2 Å². The molecule has 0 unspecified atom stereocenters. The van der Waals surface area contributed by atoms with Gasteiger partial charge in [0.15, 0.2) is 0 Å². The van der Waals surface area contributed by atoms with E-state index in [-0.39, 0.29) is 16.2 Å². The van der Waals surface area contributed by atoms with Crippen molar-refractivity contribution in [2.45, 2.75) is 82.6 Å². The summed E-state index contributed by atoms with van der Waals surface area (Å²) in [5, 5.41) is 2.88. The van der Waals surface area contributed by atoms with Gasteiger partial charge in [0, 0.05) is 24.7 Å². The molecular weight excluding hydrogens is 522 g/mol. The number of anilines is 2. The predicted octanol–water partition coefficient (Wildman–Crippen LogP) is 5.77. The number of fused-ring (bicyclic) bond motifs is 1. The van der Waals surface area contributed by atoms with Crippen molar-refractivity contribution in [3.8, 4) is 0 Å². The van der Waals surface area contributed by atoms with Crippen molar-refractivity contribution in [2.24, 2.45) is 5.92 Å². The third kappa shape index (κ3) is 6.20. The lowest BCUT2D eigenvalue weighted by atomic mass is 9.88. The summed E-state index contributed by atoms with van der Waals surface area (Å²) in [6.45, 7) is 9.75. The van der Waals surface area contributed by atoms with E-state index in [4.69, 9.17) is 4.98 Å². The van der Waals surface area contributed by atoms with Gasteiger partial charge in [0.25, 0.3) is 10.0 Å². The minimum absolute atomic E-state index is 0.0829. The first kappa shape index (κ1) is 28.6. The second-order valence-electron chi connectivity index (χ2n) is 12.5. The fourth-order valence-corrected chi connectivity index (χ4v) is 7.24. The van der Waals surface area contributed by atoms with Crippen LogP contribution in [0.15, 0.2) is 47.4 Å². The van der Waals surface area contributed by atoms with Gasteiger partial charge in [0.05, 0.1) is 28.2 Å². The number of imidazole rings is 1. The molecule has 2 fully saturated rings. The Morgan fingerprint density at radius 1 is 1.00 bits per heavy atom. The number of aromatic nitrogens is 2. The number of carbonyl (C=O) groups is 1. The molecule has 40 heavy (non-hydrogen) atoms. The van der Waals surface area contributed by atoms with Crippen molar-refractivity contribution in [1.82, 2.24) is 14.5 Å². The minimum atomic E-state index is -3.80. The maximum absolute atomic E-state index is 13.5. The number of benzene rings is 2. The highest BCUT2D eigenvalue weighted by Gasteiger charge is 2.27. The number of sulfonamides is 1. The number of rotatable bonds is 8. The third-order valence-electron chi connectivity index (χ3n) is 8.29. The van der Waals surface area contributed by atoms with Crippen LogP contribution >= 0.6 is 0 Å². The molecule has 3 aromatic rings. The van der Waals surface area contributed by atoms with Crippen LogP contribution in [0.1, 0.15) is 71.5 Å². The number of hydrogen-bond acceptors (Lipinski definition) is 5. The van der Waals surface area contributed by atoms with Crippen molar-refractivity contribution in [1.29, 1.82) is 0 Å². The van der Waals surface area contributed by atoms with E-state index >= 15 is 0 Å². The largest absolute Gasteiger partial charge is 0.327 e. The molecule has 1 saturated heterocycles.